The first kappa shape index (κ1) is 16.7. The van der Waals surface area contributed by atoms with Crippen LogP contribution < -0.4 is 5.73 Å². The van der Waals surface area contributed by atoms with Crippen LogP contribution in [-0.2, 0) is 14.8 Å². The van der Waals surface area contributed by atoms with Crippen molar-refractivity contribution in [3.05, 3.63) is 47.8 Å². The highest BCUT2D eigenvalue weighted by molar-refractivity contribution is 7.89. The molecule has 2 aromatic heterocycles. The lowest BCUT2D eigenvalue weighted by Crippen LogP contribution is -2.19. The number of ether oxygens (including phenoxy) is 1. The second kappa shape index (κ2) is 6.06. The molecular weight excluding hydrogens is 348 g/mol. The number of oxazole rings is 1. The smallest absolute Gasteiger partial charge is 0.361 e. The Labute approximate surface area is 143 Å². The number of hydrogen-bond acceptors (Lipinski definition) is 8. The minimum absolute atomic E-state index is 0.0398. The molecule has 0 aliphatic carbocycles. The van der Waals surface area contributed by atoms with Gasteiger partial charge in [0.05, 0.1) is 12.8 Å². The molecule has 2 heterocycles. The van der Waals surface area contributed by atoms with Crippen LogP contribution in [0.5, 0.6) is 0 Å². The van der Waals surface area contributed by atoms with Gasteiger partial charge in [0, 0.05) is 11.6 Å². The van der Waals surface area contributed by atoms with Gasteiger partial charge in [0.1, 0.15) is 5.82 Å². The molecule has 0 bridgehead atoms. The Hall–Kier alpha value is -3.14. The lowest BCUT2D eigenvalue weighted by atomic mass is 10.2. The highest BCUT2D eigenvalue weighted by atomic mass is 32.2. The van der Waals surface area contributed by atoms with E-state index in [0.29, 0.717) is 15.3 Å². The van der Waals surface area contributed by atoms with Crippen molar-refractivity contribution in [2.24, 2.45) is 0 Å². The molecule has 130 valence electrons. The molecule has 2 N–H and O–H groups in total. The molecule has 3 aromatic rings. The van der Waals surface area contributed by atoms with Gasteiger partial charge in [0.25, 0.3) is 5.09 Å². The van der Waals surface area contributed by atoms with Crippen molar-refractivity contribution in [3.63, 3.8) is 0 Å². The van der Waals surface area contributed by atoms with Gasteiger partial charge in [-0.2, -0.15) is 13.5 Å². The van der Waals surface area contributed by atoms with Gasteiger partial charge >= 0.3 is 16.0 Å². The first-order valence-electron chi connectivity index (χ1n) is 7.07. The standard InChI is InChI=1S/C15H14N4O5S/c1-9-8-11(16)19(18-9)25(21,22)15-12(14(20)23-2)17-13(24-15)10-6-4-3-5-7-10/h3-8H,16H2,1-2H3. The molecule has 0 radical (unpaired) electrons. The monoisotopic (exact) mass is 362 g/mol. The second-order valence-electron chi connectivity index (χ2n) is 5.07. The van der Waals surface area contributed by atoms with E-state index in [1.165, 1.54) is 6.07 Å². The second-order valence-corrected chi connectivity index (χ2v) is 6.74. The topological polar surface area (TPSA) is 130 Å². The number of benzene rings is 1. The molecule has 0 aliphatic rings. The van der Waals surface area contributed by atoms with Gasteiger partial charge in [0.15, 0.2) is 0 Å². The lowest BCUT2D eigenvalue weighted by molar-refractivity contribution is 0.0587. The Morgan fingerprint density at radius 2 is 1.96 bits per heavy atom. The lowest BCUT2D eigenvalue weighted by Gasteiger charge is -2.04. The number of nitrogens with two attached hydrogens (primary N) is 1. The number of carbonyl (C=O) groups excluding carboxylic acids is 1. The van der Waals surface area contributed by atoms with Crippen molar-refractivity contribution in [1.29, 1.82) is 0 Å². The van der Waals surface area contributed by atoms with Crippen LogP contribution >= 0.6 is 0 Å². The van der Waals surface area contributed by atoms with Crippen molar-refractivity contribution in [2.45, 2.75) is 12.0 Å². The maximum atomic E-state index is 12.8. The van der Waals surface area contributed by atoms with Gasteiger partial charge in [-0.05, 0) is 19.1 Å². The summed E-state index contributed by atoms with van der Waals surface area (Å²) in [4.78, 5) is 16.0. The number of carbonyl (C=O) groups is 1. The maximum absolute atomic E-state index is 12.8. The van der Waals surface area contributed by atoms with Gasteiger partial charge in [0.2, 0.25) is 11.6 Å². The van der Waals surface area contributed by atoms with Crippen molar-refractivity contribution in [1.82, 2.24) is 14.2 Å². The number of hydrogen-bond donors (Lipinski definition) is 1. The average Bonchev–Trinajstić information content (AvgIpc) is 3.19. The van der Waals surface area contributed by atoms with E-state index in [1.54, 1.807) is 37.3 Å². The summed E-state index contributed by atoms with van der Waals surface area (Å²) in [7, 11) is -3.26. The predicted octanol–water partition coefficient (Wildman–Crippen LogP) is 1.45. The first-order valence-corrected chi connectivity index (χ1v) is 8.51. The molecule has 0 fully saturated rings. The Bertz CT molecular complexity index is 1040. The van der Waals surface area contributed by atoms with Crippen molar-refractivity contribution < 1.29 is 22.4 Å². The van der Waals surface area contributed by atoms with Gasteiger partial charge in [-0.3, -0.25) is 0 Å². The summed E-state index contributed by atoms with van der Waals surface area (Å²) < 4.78 is 36.2. The molecule has 25 heavy (non-hydrogen) atoms. The number of aryl methyl sites for hydroxylation is 1. The van der Waals surface area contributed by atoms with E-state index in [1.807, 2.05) is 0 Å². The van der Waals surface area contributed by atoms with Crippen LogP contribution in [0, 0.1) is 6.92 Å². The van der Waals surface area contributed by atoms with E-state index in [9.17, 15) is 13.2 Å². The van der Waals surface area contributed by atoms with E-state index in [2.05, 4.69) is 14.8 Å². The zero-order valence-electron chi connectivity index (χ0n) is 13.3. The van der Waals surface area contributed by atoms with Crippen LogP contribution in [0.15, 0.2) is 45.9 Å². The normalized spacial score (nSPS) is 11.4. The molecule has 0 aliphatic heterocycles. The summed E-state index contributed by atoms with van der Waals surface area (Å²) in [5.74, 6) is -1.11. The number of methoxy groups -OCH3 is 1. The summed E-state index contributed by atoms with van der Waals surface area (Å²) in [5, 5.41) is 3.14. The Balaban J connectivity index is 2.22. The Morgan fingerprint density at radius 3 is 2.52 bits per heavy atom. The van der Waals surface area contributed by atoms with Crippen molar-refractivity contribution in [3.8, 4) is 11.5 Å². The van der Waals surface area contributed by atoms with Gasteiger partial charge in [-0.25, -0.2) is 9.78 Å². The Kier molecular flexibility index (Phi) is 4.05. The average molecular weight is 362 g/mol. The minimum atomic E-state index is -4.37. The molecule has 1 aromatic carbocycles. The molecule has 9 nitrogen and oxygen atoms in total. The van der Waals surface area contributed by atoms with Crippen LogP contribution in [0.25, 0.3) is 11.5 Å². The maximum Gasteiger partial charge on any atom is 0.361 e. The molecule has 0 spiro atoms. The highest BCUT2D eigenvalue weighted by Crippen LogP contribution is 2.28. The fraction of sp³-hybridized carbons (Fsp3) is 0.133. The van der Waals surface area contributed by atoms with E-state index in [-0.39, 0.29) is 11.7 Å². The van der Waals surface area contributed by atoms with Gasteiger partial charge < -0.3 is 14.9 Å². The quantitative estimate of drug-likeness (QED) is 0.690. The van der Waals surface area contributed by atoms with Crippen LogP contribution in [0.3, 0.4) is 0 Å². The molecule has 0 amide bonds. The molecule has 10 heteroatoms. The third-order valence-electron chi connectivity index (χ3n) is 3.28. The summed E-state index contributed by atoms with van der Waals surface area (Å²) in [6, 6.07) is 9.93. The number of aromatic nitrogens is 3. The van der Waals surface area contributed by atoms with E-state index in [4.69, 9.17) is 10.2 Å². The van der Waals surface area contributed by atoms with E-state index in [0.717, 1.165) is 7.11 Å². The predicted molar refractivity (Wildman–Crippen MR) is 87.2 cm³/mol. The van der Waals surface area contributed by atoms with Crippen LogP contribution in [-0.4, -0.2) is 35.7 Å². The number of anilines is 1. The molecule has 0 saturated carbocycles. The molecular formula is C15H14N4O5S. The Morgan fingerprint density at radius 1 is 1.28 bits per heavy atom. The zero-order valence-corrected chi connectivity index (χ0v) is 14.1. The highest BCUT2D eigenvalue weighted by Gasteiger charge is 2.34. The minimum Gasteiger partial charge on any atom is -0.464 e. The third kappa shape index (κ3) is 2.87. The number of nitrogen functional groups attached to an aromatic ring is 1. The van der Waals surface area contributed by atoms with Crippen molar-refractivity contribution >= 4 is 21.8 Å². The van der Waals surface area contributed by atoms with E-state index >= 15 is 0 Å². The summed E-state index contributed by atoms with van der Waals surface area (Å²) >= 11 is 0. The van der Waals surface area contributed by atoms with E-state index < -0.39 is 26.8 Å². The van der Waals surface area contributed by atoms with Gasteiger partial charge in [-0.15, -0.1) is 4.09 Å². The largest absolute Gasteiger partial charge is 0.464 e. The summed E-state index contributed by atoms with van der Waals surface area (Å²) in [6.07, 6.45) is 0. The van der Waals surface area contributed by atoms with Gasteiger partial charge in [-0.1, -0.05) is 18.2 Å². The third-order valence-corrected chi connectivity index (χ3v) is 4.78. The summed E-state index contributed by atoms with van der Waals surface area (Å²) in [5.41, 5.74) is 6.10. The first-order chi connectivity index (χ1) is 11.8. The molecule has 0 saturated heterocycles. The number of nitrogens with zero attached hydrogens (tertiary/aromatic N) is 3. The summed E-state index contributed by atoms with van der Waals surface area (Å²) in [6.45, 7) is 1.58. The molecule has 0 atom stereocenters. The number of esters is 1. The molecule has 3 rings (SSSR count). The van der Waals surface area contributed by atoms with Crippen LogP contribution in [0.4, 0.5) is 5.82 Å². The SMILES string of the molecule is COC(=O)c1nc(-c2ccccc2)oc1S(=O)(=O)n1nc(C)cc1N. The molecule has 0 unspecified atom stereocenters. The number of rotatable bonds is 4. The van der Waals surface area contributed by atoms with Crippen LogP contribution in [0.1, 0.15) is 16.2 Å². The fourth-order valence-electron chi connectivity index (χ4n) is 2.18. The fourth-order valence-corrected chi connectivity index (χ4v) is 3.46. The van der Waals surface area contributed by atoms with Crippen molar-refractivity contribution in [2.75, 3.05) is 12.8 Å². The zero-order chi connectivity index (χ0) is 18.2. The van der Waals surface area contributed by atoms with Crippen LogP contribution in [0.2, 0.25) is 0 Å².